The number of halogens is 3. The van der Waals surface area contributed by atoms with Crippen LogP contribution in [0.15, 0.2) is 66.3 Å². The van der Waals surface area contributed by atoms with Crippen LogP contribution in [0.3, 0.4) is 0 Å². The summed E-state index contributed by atoms with van der Waals surface area (Å²) in [4.78, 5) is 39.1. The summed E-state index contributed by atoms with van der Waals surface area (Å²) in [5, 5.41) is 6.56. The highest BCUT2D eigenvalue weighted by Crippen LogP contribution is 2.42. The van der Waals surface area contributed by atoms with Crippen LogP contribution in [0.2, 0.25) is 0 Å². The molecule has 2 fully saturated rings. The quantitative estimate of drug-likeness (QED) is 0.478. The highest BCUT2D eigenvalue weighted by Gasteiger charge is 2.43. The molecule has 2 N–H and O–H groups in total. The molecule has 4 aliphatic rings. The summed E-state index contributed by atoms with van der Waals surface area (Å²) in [5.74, 6) is -0.257. The predicted octanol–water partition coefficient (Wildman–Crippen LogP) is 3.67. The fourth-order valence-corrected chi connectivity index (χ4v) is 6.92. The number of para-hydroxylation sites is 1. The summed E-state index contributed by atoms with van der Waals surface area (Å²) in [7, 11) is 1.99. The number of urea groups is 1. The number of rotatable bonds is 7. The van der Waals surface area contributed by atoms with E-state index >= 15 is 0 Å². The van der Waals surface area contributed by atoms with E-state index in [1.165, 1.54) is 11.0 Å². The number of likely N-dealkylation sites (N-methyl/N-ethyl adjacent to an activating group) is 1. The Morgan fingerprint density at radius 2 is 1.91 bits per heavy atom. The van der Waals surface area contributed by atoms with Gasteiger partial charge < -0.3 is 30.1 Å². The van der Waals surface area contributed by atoms with Gasteiger partial charge in [-0.05, 0) is 56.7 Å². The number of carbonyl (C=O) groups excluding carboxylic acids is 2. The molecule has 0 saturated carbocycles. The van der Waals surface area contributed by atoms with Crippen LogP contribution in [0.1, 0.15) is 37.0 Å². The number of anilines is 1. The Hall–Kier alpha value is -4.10. The molecule has 246 valence electrons. The molecule has 13 heteroatoms. The number of aromatic nitrogens is 1. The Labute approximate surface area is 266 Å². The largest absolute Gasteiger partial charge is 0.418 e. The van der Waals surface area contributed by atoms with Gasteiger partial charge in [0.2, 0.25) is 0 Å². The second kappa shape index (κ2) is 12.6. The number of alkyl halides is 3. The first-order valence-corrected chi connectivity index (χ1v) is 15.8. The number of benzene rings is 1. The molecule has 3 amide bonds. The molecule has 2 saturated heterocycles. The zero-order valence-corrected chi connectivity index (χ0v) is 26.3. The first-order valence-electron chi connectivity index (χ1n) is 15.8. The molecule has 0 aliphatic carbocycles. The van der Waals surface area contributed by atoms with E-state index in [0.717, 1.165) is 24.7 Å². The minimum absolute atomic E-state index is 0.0141. The van der Waals surface area contributed by atoms with E-state index < -0.39 is 23.5 Å². The smallest absolute Gasteiger partial charge is 0.363 e. The standard InChI is InChI=1S/C33H40F3N7O3/c1-4-25-21-41(31(45)43-15-12-22-8-6-10-26(29(22)43)33(34,35)36)16-17-42(25)27-11-13-32(46-5-2,23-9-7-14-37-18-23)39-28(27)30(44)38-24-19-40(3)20-24/h6-11,13-14,18,24-25,39H,4-5,12,15-17,19-21H2,1-3H3,(H,38,44)/t25-,32?/m1/s1. The number of dihydropyridines is 1. The maximum atomic E-state index is 13.9. The van der Waals surface area contributed by atoms with Crippen LogP contribution >= 0.6 is 0 Å². The van der Waals surface area contributed by atoms with Gasteiger partial charge in [-0.3, -0.25) is 14.7 Å². The summed E-state index contributed by atoms with van der Waals surface area (Å²) < 4.78 is 48.0. The van der Waals surface area contributed by atoms with Crippen LogP contribution < -0.4 is 15.5 Å². The zero-order valence-electron chi connectivity index (χ0n) is 26.3. The lowest BCUT2D eigenvalue weighted by Gasteiger charge is -2.46. The van der Waals surface area contributed by atoms with Crippen LogP contribution in [0.5, 0.6) is 0 Å². The van der Waals surface area contributed by atoms with E-state index in [1.54, 1.807) is 23.4 Å². The predicted molar refractivity (Wildman–Crippen MR) is 167 cm³/mol. The molecule has 2 atom stereocenters. The molecule has 0 bridgehead atoms. The number of allylic oxidation sites excluding steroid dienone is 1. The molecule has 2 aromatic rings. The number of nitrogens with zero attached hydrogens (tertiary/aromatic N) is 5. The molecular weight excluding hydrogens is 599 g/mol. The lowest BCUT2D eigenvalue weighted by atomic mass is 9.97. The van der Waals surface area contributed by atoms with Crippen molar-refractivity contribution in [1.29, 1.82) is 0 Å². The molecule has 4 aliphatic heterocycles. The summed E-state index contributed by atoms with van der Waals surface area (Å²) in [6.45, 7) is 6.93. The second-order valence-electron chi connectivity index (χ2n) is 12.2. The maximum absolute atomic E-state index is 13.9. The van der Waals surface area contributed by atoms with Crippen molar-refractivity contribution < 1.29 is 27.5 Å². The Morgan fingerprint density at radius 1 is 1.11 bits per heavy atom. The van der Waals surface area contributed by atoms with Crippen molar-refractivity contribution in [2.75, 3.05) is 57.8 Å². The normalized spacial score (nSPS) is 23.7. The third-order valence-electron chi connectivity index (χ3n) is 9.20. The van der Waals surface area contributed by atoms with Crippen molar-refractivity contribution in [2.24, 2.45) is 0 Å². The van der Waals surface area contributed by atoms with Gasteiger partial charge in [-0.1, -0.05) is 25.1 Å². The van der Waals surface area contributed by atoms with Crippen molar-refractivity contribution >= 4 is 17.6 Å². The molecule has 1 unspecified atom stereocenters. The lowest BCUT2D eigenvalue weighted by Crippen LogP contribution is -2.60. The molecule has 0 spiro atoms. The third kappa shape index (κ3) is 5.93. The number of likely N-dealkylation sites (tertiary alicyclic amines) is 1. The first kappa shape index (κ1) is 31.9. The van der Waals surface area contributed by atoms with Gasteiger partial charge >= 0.3 is 12.2 Å². The van der Waals surface area contributed by atoms with Crippen LogP contribution in [-0.2, 0) is 27.9 Å². The monoisotopic (exact) mass is 639 g/mol. The molecular formula is C33H40F3N7O3. The molecule has 46 heavy (non-hydrogen) atoms. The number of hydrogen-bond donors (Lipinski definition) is 2. The van der Waals surface area contributed by atoms with Crippen LogP contribution in [-0.4, -0.2) is 96.6 Å². The fraction of sp³-hybridized carbons (Fsp3) is 0.485. The fourth-order valence-electron chi connectivity index (χ4n) is 6.92. The molecule has 6 rings (SSSR count). The van der Waals surface area contributed by atoms with Gasteiger partial charge in [0.15, 0.2) is 5.72 Å². The van der Waals surface area contributed by atoms with Crippen LogP contribution in [0, 0.1) is 0 Å². The lowest BCUT2D eigenvalue weighted by molar-refractivity contribution is -0.137. The Bertz CT molecular complexity index is 1530. The number of fused-ring (bicyclic) bond motifs is 1. The van der Waals surface area contributed by atoms with Crippen molar-refractivity contribution in [2.45, 2.75) is 50.7 Å². The first-order chi connectivity index (χ1) is 22.0. The number of nitrogens with one attached hydrogen (secondary N) is 2. The van der Waals surface area contributed by atoms with E-state index in [9.17, 15) is 22.8 Å². The minimum Gasteiger partial charge on any atom is -0.363 e. The molecule has 5 heterocycles. The van der Waals surface area contributed by atoms with Gasteiger partial charge in [0, 0.05) is 69.9 Å². The number of hydrogen-bond acceptors (Lipinski definition) is 7. The van der Waals surface area contributed by atoms with E-state index in [0.29, 0.717) is 49.5 Å². The van der Waals surface area contributed by atoms with Gasteiger partial charge in [0.1, 0.15) is 5.70 Å². The number of piperazine rings is 1. The van der Waals surface area contributed by atoms with Gasteiger partial charge in [-0.15, -0.1) is 0 Å². The second-order valence-corrected chi connectivity index (χ2v) is 12.2. The van der Waals surface area contributed by atoms with Crippen molar-refractivity contribution in [3.8, 4) is 0 Å². The summed E-state index contributed by atoms with van der Waals surface area (Å²) >= 11 is 0. The average molecular weight is 640 g/mol. The Morgan fingerprint density at radius 3 is 2.59 bits per heavy atom. The number of pyridine rings is 1. The van der Waals surface area contributed by atoms with Crippen molar-refractivity contribution in [1.82, 2.24) is 30.3 Å². The van der Waals surface area contributed by atoms with Crippen LogP contribution in [0.4, 0.5) is 23.7 Å². The average Bonchev–Trinajstić information content (AvgIpc) is 3.48. The van der Waals surface area contributed by atoms with Gasteiger partial charge in [-0.2, -0.15) is 13.2 Å². The Kier molecular flexibility index (Phi) is 8.73. The van der Waals surface area contributed by atoms with Gasteiger partial charge in [-0.25, -0.2) is 4.79 Å². The molecule has 10 nitrogen and oxygen atoms in total. The van der Waals surface area contributed by atoms with Crippen molar-refractivity contribution in [3.63, 3.8) is 0 Å². The van der Waals surface area contributed by atoms with E-state index in [-0.39, 0.29) is 36.8 Å². The topological polar surface area (TPSA) is 93.3 Å². The molecule has 1 aromatic carbocycles. The highest BCUT2D eigenvalue weighted by atomic mass is 19.4. The Balaban J connectivity index is 1.28. The highest BCUT2D eigenvalue weighted by molar-refractivity contribution is 5.96. The van der Waals surface area contributed by atoms with E-state index in [1.807, 2.05) is 45.2 Å². The number of ether oxygens (including phenoxy) is 1. The van der Waals surface area contributed by atoms with Crippen molar-refractivity contribution in [3.05, 3.63) is 83.0 Å². The minimum atomic E-state index is -4.57. The van der Waals surface area contributed by atoms with E-state index in [2.05, 4.69) is 25.4 Å². The number of carbonyl (C=O) groups is 2. The SMILES string of the molecule is CCOC1(c2cccnc2)C=CC(N2CCN(C(=O)N3CCc4cccc(C(F)(F)F)c43)C[C@H]2CC)=C(C(=O)NC2CN(C)C2)N1. The summed E-state index contributed by atoms with van der Waals surface area (Å²) in [6, 6.07) is 7.19. The number of amides is 3. The molecule has 0 radical (unpaired) electrons. The van der Waals surface area contributed by atoms with Crippen LogP contribution in [0.25, 0.3) is 0 Å². The maximum Gasteiger partial charge on any atom is 0.418 e. The van der Waals surface area contributed by atoms with E-state index in [4.69, 9.17) is 4.74 Å². The zero-order chi connectivity index (χ0) is 32.6. The summed E-state index contributed by atoms with van der Waals surface area (Å²) in [5.41, 5.74) is 0.356. The third-order valence-corrected chi connectivity index (χ3v) is 9.20. The molecule has 1 aromatic heterocycles. The summed E-state index contributed by atoms with van der Waals surface area (Å²) in [6.07, 6.45) is 3.62. The van der Waals surface area contributed by atoms with Gasteiger partial charge in [0.05, 0.1) is 23.0 Å². The van der Waals surface area contributed by atoms with Gasteiger partial charge in [0.25, 0.3) is 5.91 Å².